The van der Waals surface area contributed by atoms with Crippen molar-refractivity contribution in [2.45, 2.75) is 38.0 Å². The van der Waals surface area contributed by atoms with Crippen LogP contribution in [-0.4, -0.2) is 62.8 Å². The lowest BCUT2D eigenvalue weighted by Crippen LogP contribution is -2.54. The zero-order valence-corrected chi connectivity index (χ0v) is 19.4. The van der Waals surface area contributed by atoms with Crippen molar-refractivity contribution < 1.29 is 9.90 Å². The van der Waals surface area contributed by atoms with Crippen LogP contribution in [0.3, 0.4) is 0 Å². The highest BCUT2D eigenvalue weighted by Crippen LogP contribution is 2.33. The second kappa shape index (κ2) is 7.94. The third-order valence-electron chi connectivity index (χ3n) is 6.86. The van der Waals surface area contributed by atoms with Crippen LogP contribution in [-0.2, 0) is 25.4 Å². The number of likely N-dealkylation sites (tertiary alicyclic amines) is 1. The van der Waals surface area contributed by atoms with Crippen molar-refractivity contribution in [2.24, 2.45) is 14.1 Å². The molecule has 1 aliphatic rings. The van der Waals surface area contributed by atoms with Gasteiger partial charge in [0.25, 0.3) is 5.56 Å². The number of β-amino-alcohol motifs (C(OH)–C–C–N with tert-alkyl or cyclic N) is 1. The van der Waals surface area contributed by atoms with E-state index in [2.05, 4.69) is 9.97 Å². The Morgan fingerprint density at radius 2 is 1.91 bits per heavy atom. The van der Waals surface area contributed by atoms with Crippen LogP contribution in [0.5, 0.6) is 0 Å². The lowest BCUT2D eigenvalue weighted by molar-refractivity contribution is -0.140. The van der Waals surface area contributed by atoms with Gasteiger partial charge in [-0.25, -0.2) is 14.8 Å². The number of fused-ring (bicyclic) bond motifs is 2. The van der Waals surface area contributed by atoms with Gasteiger partial charge >= 0.3 is 5.69 Å². The van der Waals surface area contributed by atoms with Crippen molar-refractivity contribution in [2.75, 3.05) is 13.1 Å². The number of nitrogens with zero attached hydrogens (tertiary/aromatic N) is 7. The largest absolute Gasteiger partial charge is 0.386 e. The highest BCUT2D eigenvalue weighted by Gasteiger charge is 2.41. The second-order valence-electron chi connectivity index (χ2n) is 9.18. The Hall–Kier alpha value is -3.73. The van der Waals surface area contributed by atoms with Crippen LogP contribution in [0.2, 0.25) is 0 Å². The van der Waals surface area contributed by atoms with Gasteiger partial charge in [0.1, 0.15) is 5.60 Å². The molecule has 0 radical (unpaired) electrons. The van der Waals surface area contributed by atoms with E-state index in [-0.39, 0.29) is 30.0 Å². The molecule has 178 valence electrons. The molecule has 0 saturated carbocycles. The van der Waals surface area contributed by atoms with Crippen molar-refractivity contribution in [3.05, 3.63) is 57.8 Å². The predicted molar refractivity (Wildman–Crippen MR) is 125 cm³/mol. The summed E-state index contributed by atoms with van der Waals surface area (Å²) in [7, 11) is 2.98. The fraction of sp³-hybridized carbons (Fsp3) is 0.435. The average molecular weight is 466 g/mol. The Morgan fingerprint density at radius 3 is 2.68 bits per heavy atom. The molecule has 4 aromatic rings. The van der Waals surface area contributed by atoms with E-state index in [0.29, 0.717) is 19.5 Å². The number of rotatable bonds is 4. The lowest BCUT2D eigenvalue weighted by Gasteiger charge is -2.43. The van der Waals surface area contributed by atoms with Crippen molar-refractivity contribution in [1.29, 1.82) is 0 Å². The van der Waals surface area contributed by atoms with E-state index >= 15 is 0 Å². The van der Waals surface area contributed by atoms with Gasteiger partial charge in [0, 0.05) is 33.6 Å². The van der Waals surface area contributed by atoms with Gasteiger partial charge in [-0.1, -0.05) is 12.1 Å². The van der Waals surface area contributed by atoms with Gasteiger partial charge in [-0.3, -0.25) is 18.7 Å². The Labute approximate surface area is 194 Å². The molecule has 1 fully saturated rings. The number of piperidine rings is 1. The number of imidazole rings is 2. The fourth-order valence-corrected chi connectivity index (χ4v) is 4.97. The molecule has 0 spiro atoms. The maximum absolute atomic E-state index is 13.0. The number of hydrogen-bond donors (Lipinski definition) is 1. The molecule has 1 N–H and O–H groups in total. The molecule has 1 aromatic carbocycles. The summed E-state index contributed by atoms with van der Waals surface area (Å²) in [5.74, 6) is -0.0506. The third kappa shape index (κ3) is 3.43. The zero-order valence-electron chi connectivity index (χ0n) is 19.4. The molecular formula is C23H27N7O4. The average Bonchev–Trinajstić information content (AvgIpc) is 3.44. The number of benzene rings is 1. The summed E-state index contributed by atoms with van der Waals surface area (Å²) in [5.41, 5.74) is 0.191. The fourth-order valence-electron chi connectivity index (χ4n) is 4.97. The summed E-state index contributed by atoms with van der Waals surface area (Å²) in [6.45, 7) is 2.74. The normalized spacial score (nSPS) is 20.9. The van der Waals surface area contributed by atoms with E-state index in [1.807, 2.05) is 28.8 Å². The summed E-state index contributed by atoms with van der Waals surface area (Å²) in [6, 6.07) is 7.30. The third-order valence-corrected chi connectivity index (χ3v) is 6.86. The first-order valence-electron chi connectivity index (χ1n) is 11.2. The smallest absolute Gasteiger partial charge is 0.332 e. The summed E-state index contributed by atoms with van der Waals surface area (Å²) in [4.78, 5) is 48.3. The van der Waals surface area contributed by atoms with E-state index in [0.717, 1.165) is 15.6 Å². The van der Waals surface area contributed by atoms with E-state index in [4.69, 9.17) is 0 Å². The molecule has 11 heteroatoms. The maximum Gasteiger partial charge on any atom is 0.332 e. The molecule has 0 bridgehead atoms. The molecule has 2 atom stereocenters. The van der Waals surface area contributed by atoms with Crippen LogP contribution in [0.25, 0.3) is 22.2 Å². The number of carbonyl (C=O) groups excluding carboxylic acids is 1. The van der Waals surface area contributed by atoms with E-state index < -0.39 is 22.9 Å². The van der Waals surface area contributed by atoms with E-state index in [1.54, 1.807) is 29.8 Å². The Bertz CT molecular complexity index is 1520. The summed E-state index contributed by atoms with van der Waals surface area (Å²) < 4.78 is 5.96. The number of carbonyl (C=O) groups is 1. The van der Waals surface area contributed by atoms with Crippen molar-refractivity contribution in [3.8, 4) is 0 Å². The molecule has 34 heavy (non-hydrogen) atoms. The minimum atomic E-state index is -1.29. The van der Waals surface area contributed by atoms with Crippen LogP contribution >= 0.6 is 0 Å². The highest BCUT2D eigenvalue weighted by molar-refractivity contribution is 5.78. The van der Waals surface area contributed by atoms with Crippen LogP contribution < -0.4 is 11.2 Å². The van der Waals surface area contributed by atoms with Crippen molar-refractivity contribution in [1.82, 2.24) is 33.1 Å². The summed E-state index contributed by atoms with van der Waals surface area (Å²) in [5, 5.41) is 11.3. The predicted octanol–water partition coefficient (Wildman–Crippen LogP) is 0.398. The maximum atomic E-state index is 13.0. The molecule has 1 aliphatic heterocycles. The first kappa shape index (κ1) is 22.1. The van der Waals surface area contributed by atoms with Gasteiger partial charge < -0.3 is 19.1 Å². The molecule has 11 nitrogen and oxygen atoms in total. The number of hydrogen-bond acceptors (Lipinski definition) is 6. The molecule has 1 saturated heterocycles. The van der Waals surface area contributed by atoms with Crippen LogP contribution in [0.15, 0.2) is 46.5 Å². The first-order valence-corrected chi connectivity index (χ1v) is 11.2. The molecule has 0 unspecified atom stereocenters. The van der Waals surface area contributed by atoms with Crippen molar-refractivity contribution >= 4 is 28.1 Å². The number of aryl methyl sites for hydroxylation is 2. The summed E-state index contributed by atoms with van der Waals surface area (Å²) >= 11 is 0. The Morgan fingerprint density at radius 1 is 1.15 bits per heavy atom. The van der Waals surface area contributed by atoms with Crippen LogP contribution in [0.4, 0.5) is 0 Å². The topological polar surface area (TPSA) is 120 Å². The minimum Gasteiger partial charge on any atom is -0.386 e. The quantitative estimate of drug-likeness (QED) is 0.466. The standard InChI is InChI=1S/C23H27N7O4/c1-23(34)12-28(18(31)9-11-29-13-24-15-6-4-5-7-16(15)29)10-8-17(23)30-14-25-20-19(30)21(32)27(3)22(33)26(20)2/h4-7,13-14,17,34H,8-12H2,1-3H3/t17-,23-/m1/s1. The summed E-state index contributed by atoms with van der Waals surface area (Å²) in [6.07, 6.45) is 3.96. The minimum absolute atomic E-state index is 0.0506. The number of aliphatic hydroxyl groups is 1. The van der Waals surface area contributed by atoms with Gasteiger partial charge in [-0.05, 0) is 25.5 Å². The van der Waals surface area contributed by atoms with E-state index in [1.165, 1.54) is 17.9 Å². The lowest BCUT2D eigenvalue weighted by atomic mass is 9.88. The molecule has 3 aromatic heterocycles. The second-order valence-corrected chi connectivity index (χ2v) is 9.18. The number of amides is 1. The molecule has 4 heterocycles. The van der Waals surface area contributed by atoms with Crippen LogP contribution in [0, 0.1) is 0 Å². The van der Waals surface area contributed by atoms with Gasteiger partial charge in [0.2, 0.25) is 5.91 Å². The molecule has 5 rings (SSSR count). The Balaban J connectivity index is 1.35. The van der Waals surface area contributed by atoms with Gasteiger partial charge in [0.05, 0.1) is 36.3 Å². The SMILES string of the molecule is Cn1c(=O)c2c(ncn2[C@@H]2CCN(C(=O)CCn3cnc4ccccc43)C[C@@]2(C)O)n(C)c1=O. The zero-order chi connectivity index (χ0) is 24.2. The van der Waals surface area contributed by atoms with Gasteiger partial charge in [-0.2, -0.15) is 0 Å². The highest BCUT2D eigenvalue weighted by atomic mass is 16.3. The van der Waals surface area contributed by atoms with Crippen LogP contribution in [0.1, 0.15) is 25.8 Å². The van der Waals surface area contributed by atoms with Gasteiger partial charge in [-0.15, -0.1) is 0 Å². The number of para-hydroxylation sites is 2. The monoisotopic (exact) mass is 465 g/mol. The molecular weight excluding hydrogens is 438 g/mol. The number of aromatic nitrogens is 6. The first-order chi connectivity index (χ1) is 16.2. The Kier molecular flexibility index (Phi) is 5.16. The molecule has 1 amide bonds. The van der Waals surface area contributed by atoms with E-state index in [9.17, 15) is 19.5 Å². The molecule has 0 aliphatic carbocycles. The van der Waals surface area contributed by atoms with Gasteiger partial charge in [0.15, 0.2) is 11.2 Å². The van der Waals surface area contributed by atoms with Crippen molar-refractivity contribution in [3.63, 3.8) is 0 Å².